The van der Waals surface area contributed by atoms with Gasteiger partial charge in [0.2, 0.25) is 0 Å². The lowest BCUT2D eigenvalue weighted by Crippen LogP contribution is -2.33. The Hall–Kier alpha value is -2.27. The van der Waals surface area contributed by atoms with E-state index in [1.807, 2.05) is 18.2 Å². The molecule has 0 spiro atoms. The average molecular weight is 412 g/mol. The van der Waals surface area contributed by atoms with Gasteiger partial charge in [0.15, 0.2) is 0 Å². The molecule has 1 aliphatic heterocycles. The second-order valence-corrected chi connectivity index (χ2v) is 8.37. The van der Waals surface area contributed by atoms with Crippen LogP contribution in [0.4, 0.5) is 10.5 Å². The van der Waals surface area contributed by atoms with E-state index in [0.717, 1.165) is 30.5 Å². The van der Waals surface area contributed by atoms with Crippen molar-refractivity contribution >= 4 is 22.7 Å². The van der Waals surface area contributed by atoms with E-state index in [-0.39, 0.29) is 6.09 Å². The summed E-state index contributed by atoms with van der Waals surface area (Å²) < 4.78 is 5.29. The van der Waals surface area contributed by atoms with Crippen LogP contribution in [0.25, 0.3) is 10.9 Å². The molecule has 1 amide bonds. The molecule has 30 heavy (non-hydrogen) atoms. The number of rotatable bonds is 11. The van der Waals surface area contributed by atoms with Crippen LogP contribution in [0.3, 0.4) is 0 Å². The highest BCUT2D eigenvalue weighted by Gasteiger charge is 2.22. The van der Waals surface area contributed by atoms with Crippen LogP contribution in [-0.2, 0) is 4.74 Å². The number of anilines is 1. The normalized spacial score (nSPS) is 15.4. The Morgan fingerprint density at radius 2 is 2.10 bits per heavy atom. The van der Waals surface area contributed by atoms with Crippen LogP contribution < -0.4 is 5.32 Å². The molecule has 5 nitrogen and oxygen atoms in total. The number of unbranched alkanes of at least 4 members (excludes halogenated alkanes) is 4. The lowest BCUT2D eigenvalue weighted by atomic mass is 9.89. The molecule has 3 rings (SSSR count). The number of benzene rings is 1. The molecular formula is C25H37N3O2. The van der Waals surface area contributed by atoms with Crippen molar-refractivity contribution in [1.82, 2.24) is 9.88 Å². The molecule has 0 unspecified atom stereocenters. The van der Waals surface area contributed by atoms with E-state index >= 15 is 0 Å². The van der Waals surface area contributed by atoms with Crippen molar-refractivity contribution in [3.63, 3.8) is 0 Å². The van der Waals surface area contributed by atoms with E-state index in [2.05, 4.69) is 41.0 Å². The number of allylic oxidation sites excluding steroid dienone is 1. The SMILES string of the molecule is C=CCCCCOC(=O)Nc1ccc2[nH]cc(C3CCN(CCCCC)CC3)c2c1. The van der Waals surface area contributed by atoms with Crippen molar-refractivity contribution < 1.29 is 9.53 Å². The molecule has 0 aliphatic carbocycles. The number of hydrogen-bond donors (Lipinski definition) is 2. The summed E-state index contributed by atoms with van der Waals surface area (Å²) in [6.45, 7) is 9.99. The summed E-state index contributed by atoms with van der Waals surface area (Å²) in [7, 11) is 0. The monoisotopic (exact) mass is 411 g/mol. The number of likely N-dealkylation sites (tertiary alicyclic amines) is 1. The smallest absolute Gasteiger partial charge is 0.411 e. The number of aromatic nitrogens is 1. The lowest BCUT2D eigenvalue weighted by molar-refractivity contribution is 0.159. The van der Waals surface area contributed by atoms with Gasteiger partial charge in [-0.05, 0) is 87.8 Å². The second kappa shape index (κ2) is 11.8. The molecule has 0 radical (unpaired) electrons. The third-order valence-corrected chi connectivity index (χ3v) is 6.10. The van der Waals surface area contributed by atoms with Crippen molar-refractivity contribution in [2.24, 2.45) is 0 Å². The number of piperidine rings is 1. The predicted octanol–water partition coefficient (Wildman–Crippen LogP) is 6.44. The summed E-state index contributed by atoms with van der Waals surface area (Å²) >= 11 is 0. The molecule has 1 aliphatic rings. The van der Waals surface area contributed by atoms with E-state index in [1.165, 1.54) is 62.7 Å². The number of carbonyl (C=O) groups excluding carboxylic acids is 1. The number of ether oxygens (including phenoxy) is 1. The van der Waals surface area contributed by atoms with Gasteiger partial charge in [-0.15, -0.1) is 6.58 Å². The highest BCUT2D eigenvalue weighted by molar-refractivity contribution is 5.91. The average Bonchev–Trinajstić information content (AvgIpc) is 3.17. The summed E-state index contributed by atoms with van der Waals surface area (Å²) in [5, 5.41) is 4.09. The van der Waals surface area contributed by atoms with Crippen LogP contribution in [0.15, 0.2) is 37.1 Å². The van der Waals surface area contributed by atoms with Crippen LogP contribution in [0, 0.1) is 0 Å². The van der Waals surface area contributed by atoms with E-state index < -0.39 is 0 Å². The third kappa shape index (κ3) is 6.36. The van der Waals surface area contributed by atoms with Gasteiger partial charge in [-0.2, -0.15) is 0 Å². The van der Waals surface area contributed by atoms with E-state index in [0.29, 0.717) is 12.5 Å². The maximum atomic E-state index is 12.1. The van der Waals surface area contributed by atoms with E-state index in [4.69, 9.17) is 4.74 Å². The lowest BCUT2D eigenvalue weighted by Gasteiger charge is -2.32. The molecule has 1 fully saturated rings. The number of nitrogens with one attached hydrogen (secondary N) is 2. The van der Waals surface area contributed by atoms with Gasteiger partial charge in [0.25, 0.3) is 0 Å². The van der Waals surface area contributed by atoms with Crippen molar-refractivity contribution in [3.05, 3.63) is 42.6 Å². The molecule has 5 heteroatoms. The number of amides is 1. The molecular weight excluding hydrogens is 374 g/mol. The van der Waals surface area contributed by atoms with Crippen LogP contribution in [0.2, 0.25) is 0 Å². The van der Waals surface area contributed by atoms with Gasteiger partial charge in [-0.3, -0.25) is 5.32 Å². The number of carbonyl (C=O) groups is 1. The molecule has 0 atom stereocenters. The molecule has 1 aromatic carbocycles. The van der Waals surface area contributed by atoms with Gasteiger partial charge in [0.05, 0.1) is 6.61 Å². The van der Waals surface area contributed by atoms with Crippen LogP contribution in [-0.4, -0.2) is 42.2 Å². The van der Waals surface area contributed by atoms with Gasteiger partial charge in [0.1, 0.15) is 0 Å². The van der Waals surface area contributed by atoms with Crippen LogP contribution in [0.5, 0.6) is 0 Å². The number of nitrogens with zero attached hydrogens (tertiary/aromatic N) is 1. The summed E-state index contributed by atoms with van der Waals surface area (Å²) in [4.78, 5) is 18.1. The van der Waals surface area contributed by atoms with Gasteiger partial charge in [-0.1, -0.05) is 25.8 Å². The van der Waals surface area contributed by atoms with Gasteiger partial charge >= 0.3 is 6.09 Å². The Morgan fingerprint density at radius 1 is 1.27 bits per heavy atom. The fraction of sp³-hybridized carbons (Fsp3) is 0.560. The zero-order chi connectivity index (χ0) is 21.2. The first-order chi connectivity index (χ1) is 14.7. The quantitative estimate of drug-likeness (QED) is 0.330. The molecule has 2 N–H and O–H groups in total. The Labute approximate surface area is 180 Å². The van der Waals surface area contributed by atoms with Gasteiger partial charge < -0.3 is 14.6 Å². The summed E-state index contributed by atoms with van der Waals surface area (Å²) in [5.74, 6) is 0.577. The van der Waals surface area contributed by atoms with Crippen molar-refractivity contribution in [3.8, 4) is 0 Å². The third-order valence-electron chi connectivity index (χ3n) is 6.10. The van der Waals surface area contributed by atoms with Crippen LogP contribution >= 0.6 is 0 Å². The maximum absolute atomic E-state index is 12.1. The first-order valence-electron chi connectivity index (χ1n) is 11.6. The summed E-state index contributed by atoms with van der Waals surface area (Å²) in [5.41, 5.74) is 3.29. The number of H-pyrrole nitrogens is 1. The van der Waals surface area contributed by atoms with E-state index in [9.17, 15) is 4.79 Å². The minimum absolute atomic E-state index is 0.384. The Morgan fingerprint density at radius 3 is 2.87 bits per heavy atom. The fourth-order valence-corrected chi connectivity index (χ4v) is 4.32. The zero-order valence-electron chi connectivity index (χ0n) is 18.4. The predicted molar refractivity (Wildman–Crippen MR) is 125 cm³/mol. The number of fused-ring (bicyclic) bond motifs is 1. The molecule has 2 aromatic rings. The summed E-state index contributed by atoms with van der Waals surface area (Å²) in [6, 6.07) is 6.05. The molecule has 1 saturated heterocycles. The van der Waals surface area contributed by atoms with Gasteiger partial charge in [-0.25, -0.2) is 4.79 Å². The largest absolute Gasteiger partial charge is 0.449 e. The number of hydrogen-bond acceptors (Lipinski definition) is 3. The first kappa shape index (κ1) is 22.4. The molecule has 0 saturated carbocycles. The Balaban J connectivity index is 1.55. The molecule has 1 aromatic heterocycles. The topological polar surface area (TPSA) is 57.4 Å². The van der Waals surface area contributed by atoms with Crippen molar-refractivity contribution in [1.29, 1.82) is 0 Å². The zero-order valence-corrected chi connectivity index (χ0v) is 18.4. The highest BCUT2D eigenvalue weighted by Crippen LogP contribution is 2.34. The molecule has 2 heterocycles. The van der Waals surface area contributed by atoms with Crippen molar-refractivity contribution in [2.75, 3.05) is 31.6 Å². The second-order valence-electron chi connectivity index (χ2n) is 8.37. The van der Waals surface area contributed by atoms with Crippen LogP contribution in [0.1, 0.15) is 69.8 Å². The standard InChI is InChI=1S/C25H37N3O2/c1-3-5-7-9-17-30-25(29)27-21-10-11-24-22(18-21)23(19-26-24)20-12-15-28(16-13-20)14-8-6-4-2/h3,10-11,18-20,26H,1,4-9,12-17H2,2H3,(H,27,29). The maximum Gasteiger partial charge on any atom is 0.411 e. The first-order valence-corrected chi connectivity index (χ1v) is 11.6. The Bertz CT molecular complexity index is 806. The molecule has 164 valence electrons. The highest BCUT2D eigenvalue weighted by atomic mass is 16.5. The number of aromatic amines is 1. The minimum atomic E-state index is -0.384. The fourth-order valence-electron chi connectivity index (χ4n) is 4.32. The summed E-state index contributed by atoms with van der Waals surface area (Å²) in [6.07, 6.45) is 12.8. The Kier molecular flexibility index (Phi) is 8.81. The van der Waals surface area contributed by atoms with Gasteiger partial charge in [0, 0.05) is 22.8 Å². The molecule has 0 bridgehead atoms. The minimum Gasteiger partial charge on any atom is -0.449 e. The van der Waals surface area contributed by atoms with E-state index in [1.54, 1.807) is 0 Å². The van der Waals surface area contributed by atoms with Crippen molar-refractivity contribution in [2.45, 2.75) is 64.2 Å².